The van der Waals surface area contributed by atoms with Crippen LogP contribution in [0.15, 0.2) is 109 Å². The fraction of sp³-hybridized carbons (Fsp3) is 0.306. The molecule has 5 aromatic rings. The fourth-order valence-corrected chi connectivity index (χ4v) is 11.9. The molecule has 0 aliphatic carbocycles. The van der Waals surface area contributed by atoms with Crippen molar-refractivity contribution in [1.82, 2.24) is 9.88 Å². The molecule has 3 aliphatic heterocycles. The van der Waals surface area contributed by atoms with Crippen LogP contribution < -0.4 is 10.4 Å². The average molecular weight is 543 g/mol. The van der Waals surface area contributed by atoms with Gasteiger partial charge < -0.3 is 5.11 Å². The summed E-state index contributed by atoms with van der Waals surface area (Å²) >= 11 is 0. The molecule has 2 bridgehead atoms. The third kappa shape index (κ3) is 4.48. The molecule has 3 aliphatic rings. The SMILES string of the molecule is C[Si@@](CC[C@H]1CN2CC[C@H]1C[C@H]2[C@H](O)c1ccnc2ccccc12)(c1ccccc1)c1cccc2ccccc12. The number of pyridine rings is 1. The van der Waals surface area contributed by atoms with Gasteiger partial charge in [0.15, 0.2) is 0 Å². The van der Waals surface area contributed by atoms with E-state index in [-0.39, 0.29) is 6.04 Å². The van der Waals surface area contributed by atoms with Crippen molar-refractivity contribution in [2.75, 3.05) is 13.1 Å². The number of aromatic nitrogens is 1. The highest BCUT2D eigenvalue weighted by atomic mass is 28.3. The van der Waals surface area contributed by atoms with E-state index in [1.54, 1.807) is 5.19 Å². The second-order valence-electron chi connectivity index (χ2n) is 12.2. The Balaban J connectivity index is 1.14. The van der Waals surface area contributed by atoms with E-state index in [0.29, 0.717) is 11.8 Å². The maximum atomic E-state index is 11.6. The van der Waals surface area contributed by atoms with Gasteiger partial charge >= 0.3 is 0 Å². The first kappa shape index (κ1) is 25.6. The number of nitrogens with zero attached hydrogens (tertiary/aromatic N) is 2. The average Bonchev–Trinajstić information content (AvgIpc) is 3.03. The van der Waals surface area contributed by atoms with Crippen molar-refractivity contribution in [1.29, 1.82) is 0 Å². The Hall–Kier alpha value is -3.31. The van der Waals surface area contributed by atoms with Gasteiger partial charge in [-0.05, 0) is 70.9 Å². The summed E-state index contributed by atoms with van der Waals surface area (Å²) in [6, 6.07) is 38.8. The molecule has 1 unspecified atom stereocenters. The third-order valence-electron chi connectivity index (χ3n) is 10.1. The zero-order valence-electron chi connectivity index (χ0n) is 23.3. The molecule has 8 rings (SSSR count). The van der Waals surface area contributed by atoms with E-state index in [0.717, 1.165) is 36.0 Å². The summed E-state index contributed by atoms with van der Waals surface area (Å²) in [5, 5.41) is 18.6. The Kier molecular flexibility index (Phi) is 6.79. The molecule has 202 valence electrons. The molecular formula is C36H38N2OSi. The molecule has 0 amide bonds. The van der Waals surface area contributed by atoms with Gasteiger partial charge in [-0.1, -0.05) is 109 Å². The number of benzene rings is 4. The number of aliphatic hydroxyl groups is 1. The van der Waals surface area contributed by atoms with Crippen LogP contribution in [0.2, 0.25) is 12.6 Å². The Morgan fingerprint density at radius 1 is 0.875 bits per heavy atom. The highest BCUT2D eigenvalue weighted by Crippen LogP contribution is 2.43. The lowest BCUT2D eigenvalue weighted by molar-refractivity contribution is -0.0562. The van der Waals surface area contributed by atoms with Crippen LogP contribution >= 0.6 is 0 Å². The number of para-hydroxylation sites is 1. The van der Waals surface area contributed by atoms with Gasteiger partial charge in [0.2, 0.25) is 0 Å². The van der Waals surface area contributed by atoms with Gasteiger partial charge in [0.05, 0.1) is 11.6 Å². The third-order valence-corrected chi connectivity index (χ3v) is 14.6. The van der Waals surface area contributed by atoms with Crippen molar-refractivity contribution < 1.29 is 5.11 Å². The highest BCUT2D eigenvalue weighted by Gasteiger charge is 2.44. The molecule has 4 heteroatoms. The Labute approximate surface area is 238 Å². The first-order valence-electron chi connectivity index (χ1n) is 14.9. The fourth-order valence-electron chi connectivity index (χ4n) is 7.84. The Bertz CT molecular complexity index is 1630. The summed E-state index contributed by atoms with van der Waals surface area (Å²) in [7, 11) is -1.97. The zero-order valence-corrected chi connectivity index (χ0v) is 24.3. The van der Waals surface area contributed by atoms with Crippen LogP contribution in [-0.4, -0.2) is 42.2 Å². The Morgan fingerprint density at radius 3 is 2.45 bits per heavy atom. The smallest absolute Gasteiger partial charge is 0.116 e. The molecule has 0 radical (unpaired) electrons. The van der Waals surface area contributed by atoms with Crippen LogP contribution in [-0.2, 0) is 0 Å². The van der Waals surface area contributed by atoms with Crippen molar-refractivity contribution in [3.63, 3.8) is 0 Å². The summed E-state index contributed by atoms with van der Waals surface area (Å²) in [5.74, 6) is 1.37. The standard InChI is InChI=1S/C36H38N2OSi/c1-40(29-12-3-2-4-13-29,35-17-9-11-26-10-5-6-14-30(26)35)23-20-28-25-38-22-19-27(28)24-34(38)36(39)32-18-21-37-33-16-8-7-15-31(32)33/h2-18,21,27-28,34,36,39H,19-20,22-25H2,1H3/t27-,28-,34-,36+,40+/m0/s1. The minimum absolute atomic E-state index is 0.191. The van der Waals surface area contributed by atoms with Gasteiger partial charge in [-0.3, -0.25) is 9.88 Å². The van der Waals surface area contributed by atoms with Gasteiger partial charge in [-0.15, -0.1) is 0 Å². The number of aliphatic hydroxyl groups excluding tert-OH is 1. The van der Waals surface area contributed by atoms with E-state index >= 15 is 0 Å². The number of hydrogen-bond acceptors (Lipinski definition) is 3. The van der Waals surface area contributed by atoms with E-state index in [2.05, 4.69) is 95.3 Å². The molecule has 0 saturated carbocycles. The van der Waals surface area contributed by atoms with E-state index in [1.807, 2.05) is 30.5 Å². The van der Waals surface area contributed by atoms with Crippen molar-refractivity contribution in [2.24, 2.45) is 11.8 Å². The molecule has 4 aromatic carbocycles. The summed E-state index contributed by atoms with van der Waals surface area (Å²) in [6.45, 7) is 4.79. The zero-order chi connectivity index (χ0) is 27.1. The van der Waals surface area contributed by atoms with E-state index in [9.17, 15) is 5.11 Å². The van der Waals surface area contributed by atoms with E-state index < -0.39 is 14.2 Å². The second kappa shape index (κ2) is 10.6. The molecule has 3 fully saturated rings. The first-order chi connectivity index (χ1) is 19.6. The number of piperidine rings is 3. The molecule has 6 atom stereocenters. The van der Waals surface area contributed by atoms with Crippen LogP contribution in [0.5, 0.6) is 0 Å². The van der Waals surface area contributed by atoms with E-state index in [4.69, 9.17) is 0 Å². The van der Waals surface area contributed by atoms with Gasteiger partial charge in [0.1, 0.15) is 8.07 Å². The van der Waals surface area contributed by atoms with Gasteiger partial charge in [0, 0.05) is 24.2 Å². The molecule has 1 aromatic heterocycles. The predicted octanol–water partition coefficient (Wildman–Crippen LogP) is 6.41. The number of hydrogen-bond donors (Lipinski definition) is 1. The van der Waals surface area contributed by atoms with Gasteiger partial charge in [0.25, 0.3) is 0 Å². The maximum Gasteiger partial charge on any atom is 0.116 e. The van der Waals surface area contributed by atoms with Gasteiger partial charge in [-0.25, -0.2) is 0 Å². The molecule has 3 nitrogen and oxygen atoms in total. The first-order valence-corrected chi connectivity index (χ1v) is 17.6. The van der Waals surface area contributed by atoms with Crippen molar-refractivity contribution in [2.45, 2.75) is 44.0 Å². The number of rotatable bonds is 7. The quantitative estimate of drug-likeness (QED) is 0.241. The minimum Gasteiger partial charge on any atom is -0.387 e. The largest absolute Gasteiger partial charge is 0.387 e. The molecule has 4 heterocycles. The van der Waals surface area contributed by atoms with Crippen molar-refractivity contribution in [3.8, 4) is 0 Å². The van der Waals surface area contributed by atoms with Crippen LogP contribution in [0.3, 0.4) is 0 Å². The monoisotopic (exact) mass is 542 g/mol. The lowest BCUT2D eigenvalue weighted by atomic mass is 9.72. The summed E-state index contributed by atoms with van der Waals surface area (Å²) in [4.78, 5) is 7.13. The maximum absolute atomic E-state index is 11.6. The van der Waals surface area contributed by atoms with Crippen LogP contribution in [0.4, 0.5) is 0 Å². The molecule has 3 saturated heterocycles. The molecular weight excluding hydrogens is 504 g/mol. The lowest BCUT2D eigenvalue weighted by Crippen LogP contribution is -2.58. The lowest BCUT2D eigenvalue weighted by Gasteiger charge is -2.52. The predicted molar refractivity (Wildman–Crippen MR) is 169 cm³/mol. The summed E-state index contributed by atoms with van der Waals surface area (Å²) < 4.78 is 0. The van der Waals surface area contributed by atoms with E-state index in [1.165, 1.54) is 34.8 Å². The van der Waals surface area contributed by atoms with Crippen LogP contribution in [0.25, 0.3) is 21.7 Å². The topological polar surface area (TPSA) is 36.4 Å². The molecule has 0 spiro atoms. The minimum atomic E-state index is -1.97. The van der Waals surface area contributed by atoms with Gasteiger partial charge in [-0.2, -0.15) is 0 Å². The van der Waals surface area contributed by atoms with Crippen molar-refractivity contribution >= 4 is 40.1 Å². The number of fused-ring (bicyclic) bond motifs is 5. The van der Waals surface area contributed by atoms with Crippen LogP contribution in [0.1, 0.15) is 30.9 Å². The highest BCUT2D eigenvalue weighted by molar-refractivity contribution is 7.02. The van der Waals surface area contributed by atoms with Crippen LogP contribution in [0, 0.1) is 11.8 Å². The summed E-state index contributed by atoms with van der Waals surface area (Å²) in [6.07, 6.45) is 4.96. The molecule has 1 N–H and O–H groups in total. The second-order valence-corrected chi connectivity index (χ2v) is 16.5. The normalized spacial score (nSPS) is 24.6. The van der Waals surface area contributed by atoms with Crippen molar-refractivity contribution in [3.05, 3.63) is 115 Å². The molecule has 40 heavy (non-hydrogen) atoms. The summed E-state index contributed by atoms with van der Waals surface area (Å²) in [5.41, 5.74) is 1.99. The Morgan fingerprint density at radius 2 is 1.62 bits per heavy atom.